The van der Waals surface area contributed by atoms with Gasteiger partial charge in [-0.1, -0.05) is 12.1 Å². The first-order chi connectivity index (χ1) is 17.0. The van der Waals surface area contributed by atoms with Crippen molar-refractivity contribution in [1.82, 2.24) is 40.0 Å². The predicted molar refractivity (Wildman–Crippen MR) is 123 cm³/mol. The minimum atomic E-state index is -0.440. The molecule has 12 heteroatoms. The first kappa shape index (κ1) is 23.0. The monoisotopic (exact) mass is 480 g/mol. The molecule has 2 atom stereocenters. The Morgan fingerprint density at radius 3 is 3.06 bits per heavy atom. The average molecular weight is 481 g/mol. The molecule has 1 N–H and O–H groups in total. The van der Waals surface area contributed by atoms with E-state index in [1.165, 1.54) is 0 Å². The van der Waals surface area contributed by atoms with E-state index in [9.17, 15) is 9.59 Å². The van der Waals surface area contributed by atoms with Gasteiger partial charge in [-0.3, -0.25) is 14.3 Å². The van der Waals surface area contributed by atoms with Crippen LogP contribution in [-0.4, -0.2) is 78.3 Å². The summed E-state index contributed by atoms with van der Waals surface area (Å²) in [6.45, 7) is 6.30. The van der Waals surface area contributed by atoms with Crippen molar-refractivity contribution < 1.29 is 19.1 Å². The van der Waals surface area contributed by atoms with Gasteiger partial charge in [0.05, 0.1) is 43.3 Å². The number of amides is 2. The molecular weight excluding hydrogens is 452 g/mol. The second kappa shape index (κ2) is 9.82. The standard InChI is InChI=1S/C23H28N8O4/c1-3-7-31-15(2)17(10-25-31)23(33)29-12-18-20(13-29)35-14-16-11-30(28-27-16)8-9-34-19-5-4-6-24-21(19)22(32)26-18/h4-6,10-11,18,20H,3,7-9,12-14H2,1-2H3,(H,26,32)/t18-,20-/m0/s1. The number of aryl methyl sites for hydroxylation is 1. The summed E-state index contributed by atoms with van der Waals surface area (Å²) in [4.78, 5) is 32.4. The van der Waals surface area contributed by atoms with Crippen molar-refractivity contribution >= 4 is 11.8 Å². The fraction of sp³-hybridized carbons (Fsp3) is 0.478. The van der Waals surface area contributed by atoms with Gasteiger partial charge in [0.15, 0.2) is 11.4 Å². The van der Waals surface area contributed by atoms with Crippen LogP contribution < -0.4 is 10.1 Å². The van der Waals surface area contributed by atoms with Gasteiger partial charge in [0.1, 0.15) is 12.3 Å². The maximum Gasteiger partial charge on any atom is 0.274 e. The molecule has 3 aromatic heterocycles. The minimum Gasteiger partial charge on any atom is -0.489 e. The van der Waals surface area contributed by atoms with E-state index in [1.54, 1.807) is 40.3 Å². The Balaban J connectivity index is 1.40. The lowest BCUT2D eigenvalue weighted by Gasteiger charge is -2.20. The van der Waals surface area contributed by atoms with Gasteiger partial charge < -0.3 is 19.7 Å². The summed E-state index contributed by atoms with van der Waals surface area (Å²) >= 11 is 0. The molecule has 5 rings (SSSR count). The largest absolute Gasteiger partial charge is 0.489 e. The maximum absolute atomic E-state index is 13.4. The van der Waals surface area contributed by atoms with Crippen molar-refractivity contribution in [2.75, 3.05) is 19.7 Å². The van der Waals surface area contributed by atoms with Crippen LogP contribution in [0.1, 0.15) is 45.6 Å². The van der Waals surface area contributed by atoms with Gasteiger partial charge in [-0.15, -0.1) is 5.10 Å². The second-order valence-corrected chi connectivity index (χ2v) is 8.68. The third-order valence-corrected chi connectivity index (χ3v) is 6.23. The van der Waals surface area contributed by atoms with Crippen LogP contribution in [0.4, 0.5) is 0 Å². The lowest BCUT2D eigenvalue weighted by atomic mass is 10.2. The molecule has 3 aromatic rings. The summed E-state index contributed by atoms with van der Waals surface area (Å²) < 4.78 is 15.5. The zero-order valence-electron chi connectivity index (χ0n) is 19.8. The molecular formula is C23H28N8O4. The summed E-state index contributed by atoms with van der Waals surface area (Å²) in [6, 6.07) is 2.98. The predicted octanol–water partition coefficient (Wildman–Crippen LogP) is 0.820. The lowest BCUT2D eigenvalue weighted by molar-refractivity contribution is 0.0290. The second-order valence-electron chi connectivity index (χ2n) is 8.68. The van der Waals surface area contributed by atoms with Crippen molar-refractivity contribution in [3.8, 4) is 5.75 Å². The smallest absolute Gasteiger partial charge is 0.274 e. The first-order valence-corrected chi connectivity index (χ1v) is 11.7. The van der Waals surface area contributed by atoms with E-state index in [4.69, 9.17) is 9.47 Å². The quantitative estimate of drug-likeness (QED) is 0.583. The van der Waals surface area contributed by atoms with E-state index < -0.39 is 12.1 Å². The van der Waals surface area contributed by atoms with E-state index in [1.807, 2.05) is 11.6 Å². The highest BCUT2D eigenvalue weighted by Gasteiger charge is 2.39. The number of fused-ring (bicyclic) bond motifs is 4. The van der Waals surface area contributed by atoms with Gasteiger partial charge in [0.2, 0.25) is 0 Å². The van der Waals surface area contributed by atoms with Crippen LogP contribution in [0.25, 0.3) is 0 Å². The summed E-state index contributed by atoms with van der Waals surface area (Å²) in [7, 11) is 0. The molecule has 0 radical (unpaired) electrons. The van der Waals surface area contributed by atoms with Crippen LogP contribution in [0, 0.1) is 6.92 Å². The number of nitrogens with one attached hydrogen (secondary N) is 1. The van der Waals surface area contributed by atoms with E-state index >= 15 is 0 Å². The number of ether oxygens (including phenoxy) is 2. The van der Waals surface area contributed by atoms with Crippen molar-refractivity contribution in [2.45, 2.75) is 52.1 Å². The Morgan fingerprint density at radius 2 is 2.20 bits per heavy atom. The highest BCUT2D eigenvalue weighted by atomic mass is 16.5. The molecule has 2 aliphatic heterocycles. The zero-order chi connectivity index (χ0) is 24.4. The number of hydrogen-bond acceptors (Lipinski definition) is 8. The molecule has 184 valence electrons. The number of likely N-dealkylation sites (tertiary alicyclic amines) is 1. The van der Waals surface area contributed by atoms with Gasteiger partial charge in [-0.05, 0) is 25.5 Å². The molecule has 2 amide bonds. The number of rotatable bonds is 3. The van der Waals surface area contributed by atoms with Crippen LogP contribution in [0.3, 0.4) is 0 Å². The van der Waals surface area contributed by atoms with Gasteiger partial charge >= 0.3 is 0 Å². The fourth-order valence-corrected chi connectivity index (χ4v) is 4.38. The molecule has 0 aromatic carbocycles. The third-order valence-electron chi connectivity index (χ3n) is 6.23. The molecule has 35 heavy (non-hydrogen) atoms. The number of aromatic nitrogens is 6. The maximum atomic E-state index is 13.4. The Hall–Kier alpha value is -3.80. The Morgan fingerprint density at radius 1 is 1.31 bits per heavy atom. The molecule has 1 saturated heterocycles. The van der Waals surface area contributed by atoms with E-state index in [0.29, 0.717) is 43.2 Å². The van der Waals surface area contributed by atoms with Gasteiger partial charge in [0.25, 0.3) is 11.8 Å². The fourth-order valence-electron chi connectivity index (χ4n) is 4.38. The number of pyridine rings is 1. The molecule has 0 saturated carbocycles. The van der Waals surface area contributed by atoms with Crippen LogP contribution in [-0.2, 0) is 24.4 Å². The molecule has 0 spiro atoms. The topological polar surface area (TPSA) is 129 Å². The van der Waals surface area contributed by atoms with Crippen LogP contribution in [0.5, 0.6) is 5.75 Å². The zero-order valence-corrected chi connectivity index (χ0v) is 19.8. The third kappa shape index (κ3) is 4.74. The molecule has 1 fully saturated rings. The number of nitrogens with zero attached hydrogens (tertiary/aromatic N) is 7. The molecule has 12 nitrogen and oxygen atoms in total. The van der Waals surface area contributed by atoms with E-state index in [0.717, 1.165) is 18.7 Å². The summed E-state index contributed by atoms with van der Waals surface area (Å²) in [6.07, 6.45) is 5.45. The average Bonchev–Trinajstić information content (AvgIpc) is 3.57. The lowest BCUT2D eigenvalue weighted by Crippen LogP contribution is -2.44. The van der Waals surface area contributed by atoms with E-state index in [2.05, 4.69) is 32.6 Å². The number of carbonyl (C=O) groups excluding carboxylic acids is 2. The van der Waals surface area contributed by atoms with Crippen molar-refractivity contribution in [1.29, 1.82) is 0 Å². The van der Waals surface area contributed by atoms with Crippen molar-refractivity contribution in [3.63, 3.8) is 0 Å². The number of hydrogen-bond donors (Lipinski definition) is 1. The molecule has 2 aliphatic rings. The van der Waals surface area contributed by atoms with Crippen LogP contribution in [0.2, 0.25) is 0 Å². The molecule has 2 bridgehead atoms. The SMILES string of the molecule is CCCn1ncc(C(=O)N2C[C@@H]3NC(=O)c4ncccc4OCCn4cc(nn4)CO[C@H]3C2)c1C. The molecule has 0 unspecified atom stereocenters. The Kier molecular flexibility index (Phi) is 6.45. The van der Waals surface area contributed by atoms with E-state index in [-0.39, 0.29) is 24.1 Å². The van der Waals surface area contributed by atoms with Gasteiger partial charge in [-0.2, -0.15) is 5.10 Å². The Labute approximate surface area is 202 Å². The summed E-state index contributed by atoms with van der Waals surface area (Å²) in [5.74, 6) is -0.139. The van der Waals surface area contributed by atoms with Gasteiger partial charge in [-0.25, -0.2) is 9.67 Å². The highest BCUT2D eigenvalue weighted by Crippen LogP contribution is 2.22. The normalized spacial score (nSPS) is 20.4. The minimum absolute atomic E-state index is 0.138. The van der Waals surface area contributed by atoms with Crippen molar-refractivity contribution in [2.24, 2.45) is 0 Å². The Bertz CT molecular complexity index is 1220. The van der Waals surface area contributed by atoms with Crippen molar-refractivity contribution in [3.05, 3.63) is 53.4 Å². The summed E-state index contributed by atoms with van der Waals surface area (Å²) in [5, 5.41) is 15.6. The summed E-state index contributed by atoms with van der Waals surface area (Å²) in [5.41, 5.74) is 2.23. The first-order valence-electron chi connectivity index (χ1n) is 11.7. The van der Waals surface area contributed by atoms with Gasteiger partial charge in [0, 0.05) is 31.5 Å². The highest BCUT2D eigenvalue weighted by molar-refractivity contribution is 5.96. The molecule has 5 heterocycles. The molecule has 0 aliphatic carbocycles. The van der Waals surface area contributed by atoms with Crippen LogP contribution >= 0.6 is 0 Å². The van der Waals surface area contributed by atoms with Crippen LogP contribution in [0.15, 0.2) is 30.7 Å². The number of carbonyl (C=O) groups is 2.